The second kappa shape index (κ2) is 6.41. The summed E-state index contributed by atoms with van der Waals surface area (Å²) in [5.74, 6) is 1.61. The van der Waals surface area contributed by atoms with Crippen molar-refractivity contribution >= 4 is 0 Å². The molecule has 0 saturated heterocycles. The highest BCUT2D eigenvalue weighted by atomic mass is 14.9. The summed E-state index contributed by atoms with van der Waals surface area (Å²) >= 11 is 0. The Labute approximate surface area is 88.6 Å². The van der Waals surface area contributed by atoms with Crippen LogP contribution in [0.4, 0.5) is 0 Å². The van der Waals surface area contributed by atoms with Gasteiger partial charge in [-0.05, 0) is 51.1 Å². The van der Waals surface area contributed by atoms with Gasteiger partial charge in [-0.3, -0.25) is 0 Å². The fourth-order valence-electron chi connectivity index (χ4n) is 2.36. The van der Waals surface area contributed by atoms with Crippen LogP contribution in [0.25, 0.3) is 0 Å². The molecule has 3 unspecified atom stereocenters. The zero-order chi connectivity index (χ0) is 10.4. The number of hydrogen-bond donors (Lipinski definition) is 2. The Balaban J connectivity index is 2.26. The lowest BCUT2D eigenvalue weighted by molar-refractivity contribution is 0.230. The summed E-state index contributed by atoms with van der Waals surface area (Å²) in [4.78, 5) is 0. The number of rotatable bonds is 5. The Kier molecular flexibility index (Phi) is 5.49. The van der Waals surface area contributed by atoms with Crippen molar-refractivity contribution in [1.29, 1.82) is 0 Å². The van der Waals surface area contributed by atoms with E-state index in [0.29, 0.717) is 6.04 Å². The predicted molar refractivity (Wildman–Crippen MR) is 62.3 cm³/mol. The van der Waals surface area contributed by atoms with Gasteiger partial charge in [-0.15, -0.1) is 0 Å². The molecule has 2 heteroatoms. The van der Waals surface area contributed by atoms with E-state index in [4.69, 9.17) is 5.73 Å². The Morgan fingerprint density at radius 1 is 1.29 bits per heavy atom. The number of nitrogens with one attached hydrogen (secondary N) is 1. The van der Waals surface area contributed by atoms with Crippen LogP contribution in [0.2, 0.25) is 0 Å². The van der Waals surface area contributed by atoms with Crippen LogP contribution in [0.1, 0.15) is 46.0 Å². The highest BCUT2D eigenvalue weighted by Gasteiger charge is 2.23. The van der Waals surface area contributed by atoms with Gasteiger partial charge >= 0.3 is 0 Å². The smallest absolute Gasteiger partial charge is 0.00362 e. The zero-order valence-corrected chi connectivity index (χ0v) is 9.76. The first-order chi connectivity index (χ1) is 6.77. The van der Waals surface area contributed by atoms with Crippen LogP contribution in [-0.2, 0) is 0 Å². The van der Waals surface area contributed by atoms with E-state index in [9.17, 15) is 0 Å². The van der Waals surface area contributed by atoms with Gasteiger partial charge in [0.2, 0.25) is 0 Å². The molecule has 1 fully saturated rings. The molecule has 3 N–H and O–H groups in total. The molecular formula is C12H26N2. The maximum atomic E-state index is 5.80. The molecule has 0 aromatic heterocycles. The molecule has 2 nitrogen and oxygen atoms in total. The van der Waals surface area contributed by atoms with E-state index < -0.39 is 0 Å². The van der Waals surface area contributed by atoms with Crippen LogP contribution in [0.5, 0.6) is 0 Å². The van der Waals surface area contributed by atoms with Crippen molar-refractivity contribution in [2.45, 2.75) is 52.0 Å². The maximum absolute atomic E-state index is 5.80. The van der Waals surface area contributed by atoms with Crippen LogP contribution >= 0.6 is 0 Å². The summed E-state index contributed by atoms with van der Waals surface area (Å²) in [6.07, 6.45) is 6.75. The molecule has 14 heavy (non-hydrogen) atoms. The van der Waals surface area contributed by atoms with Crippen molar-refractivity contribution in [3.05, 3.63) is 0 Å². The fourth-order valence-corrected chi connectivity index (χ4v) is 2.36. The van der Waals surface area contributed by atoms with Crippen molar-refractivity contribution in [3.63, 3.8) is 0 Å². The van der Waals surface area contributed by atoms with E-state index in [1.165, 1.54) is 38.6 Å². The fraction of sp³-hybridized carbons (Fsp3) is 1.00. The lowest BCUT2D eigenvalue weighted by atomic mass is 9.79. The van der Waals surface area contributed by atoms with Crippen molar-refractivity contribution in [1.82, 2.24) is 5.32 Å². The second-order valence-electron chi connectivity index (χ2n) is 4.76. The van der Waals surface area contributed by atoms with Crippen molar-refractivity contribution in [2.24, 2.45) is 17.6 Å². The molecule has 0 heterocycles. The SMILES string of the molecule is CCC(C)NCC1CCCCC1CN. The quantitative estimate of drug-likeness (QED) is 0.710. The van der Waals surface area contributed by atoms with Crippen LogP contribution in [0.15, 0.2) is 0 Å². The molecular weight excluding hydrogens is 172 g/mol. The molecule has 0 radical (unpaired) electrons. The molecule has 84 valence electrons. The molecule has 1 aliphatic carbocycles. The topological polar surface area (TPSA) is 38.0 Å². The van der Waals surface area contributed by atoms with E-state index in [1.54, 1.807) is 0 Å². The van der Waals surface area contributed by atoms with Crippen molar-refractivity contribution in [3.8, 4) is 0 Å². The summed E-state index contributed by atoms with van der Waals surface area (Å²) in [6.45, 7) is 6.56. The molecule has 1 saturated carbocycles. The second-order valence-corrected chi connectivity index (χ2v) is 4.76. The molecule has 0 amide bonds. The van der Waals surface area contributed by atoms with Crippen molar-refractivity contribution < 1.29 is 0 Å². The number of nitrogens with two attached hydrogens (primary N) is 1. The normalized spacial score (nSPS) is 30.2. The highest BCUT2D eigenvalue weighted by Crippen LogP contribution is 2.28. The average molecular weight is 198 g/mol. The van der Waals surface area contributed by atoms with Gasteiger partial charge < -0.3 is 11.1 Å². The van der Waals surface area contributed by atoms with E-state index in [1.807, 2.05) is 0 Å². The Morgan fingerprint density at radius 3 is 2.50 bits per heavy atom. The van der Waals surface area contributed by atoms with Gasteiger partial charge in [0.15, 0.2) is 0 Å². The van der Waals surface area contributed by atoms with E-state index in [-0.39, 0.29) is 0 Å². The van der Waals surface area contributed by atoms with Crippen molar-refractivity contribution in [2.75, 3.05) is 13.1 Å². The first-order valence-electron chi connectivity index (χ1n) is 6.21. The van der Waals surface area contributed by atoms with Gasteiger partial charge in [0.05, 0.1) is 0 Å². The van der Waals surface area contributed by atoms with E-state index in [2.05, 4.69) is 19.2 Å². The van der Waals surface area contributed by atoms with Gasteiger partial charge in [0.25, 0.3) is 0 Å². The van der Waals surface area contributed by atoms with Crippen LogP contribution in [-0.4, -0.2) is 19.1 Å². The molecule has 0 spiro atoms. The first-order valence-corrected chi connectivity index (χ1v) is 6.21. The highest BCUT2D eigenvalue weighted by molar-refractivity contribution is 4.78. The van der Waals surface area contributed by atoms with Crippen LogP contribution in [0, 0.1) is 11.8 Å². The minimum absolute atomic E-state index is 0.662. The third-order valence-corrected chi connectivity index (χ3v) is 3.71. The zero-order valence-electron chi connectivity index (χ0n) is 9.76. The predicted octanol–water partition coefficient (Wildman–Crippen LogP) is 2.14. The average Bonchev–Trinajstić information content (AvgIpc) is 2.26. The first kappa shape index (κ1) is 12.0. The third kappa shape index (κ3) is 3.58. The Hall–Kier alpha value is -0.0800. The van der Waals surface area contributed by atoms with Gasteiger partial charge in [-0.2, -0.15) is 0 Å². The molecule has 0 aromatic rings. The summed E-state index contributed by atoms with van der Waals surface area (Å²) in [5.41, 5.74) is 5.80. The summed E-state index contributed by atoms with van der Waals surface area (Å²) < 4.78 is 0. The Bertz CT molecular complexity index is 147. The molecule has 0 aromatic carbocycles. The monoisotopic (exact) mass is 198 g/mol. The molecule has 3 atom stereocenters. The third-order valence-electron chi connectivity index (χ3n) is 3.71. The van der Waals surface area contributed by atoms with Gasteiger partial charge in [0.1, 0.15) is 0 Å². The maximum Gasteiger partial charge on any atom is 0.00362 e. The summed E-state index contributed by atoms with van der Waals surface area (Å²) in [5, 5.41) is 3.61. The molecule has 0 bridgehead atoms. The standard InChI is InChI=1S/C12H26N2/c1-3-10(2)14-9-12-7-5-4-6-11(12)8-13/h10-12,14H,3-9,13H2,1-2H3. The Morgan fingerprint density at radius 2 is 1.93 bits per heavy atom. The molecule has 1 rings (SSSR count). The van der Waals surface area contributed by atoms with Gasteiger partial charge in [0, 0.05) is 6.04 Å². The molecule has 0 aliphatic heterocycles. The number of hydrogen-bond acceptors (Lipinski definition) is 2. The van der Waals surface area contributed by atoms with E-state index >= 15 is 0 Å². The van der Waals surface area contributed by atoms with Gasteiger partial charge in [-0.1, -0.05) is 19.8 Å². The summed E-state index contributed by atoms with van der Waals surface area (Å²) in [7, 11) is 0. The lowest BCUT2D eigenvalue weighted by Gasteiger charge is -2.31. The summed E-state index contributed by atoms with van der Waals surface area (Å²) in [6, 6.07) is 0.662. The van der Waals surface area contributed by atoms with Crippen LogP contribution < -0.4 is 11.1 Å². The van der Waals surface area contributed by atoms with Gasteiger partial charge in [-0.25, -0.2) is 0 Å². The molecule has 1 aliphatic rings. The van der Waals surface area contributed by atoms with E-state index in [0.717, 1.165) is 18.4 Å². The largest absolute Gasteiger partial charge is 0.330 e. The van der Waals surface area contributed by atoms with Crippen LogP contribution in [0.3, 0.4) is 0 Å². The minimum atomic E-state index is 0.662. The minimum Gasteiger partial charge on any atom is -0.330 e. The lowest BCUT2D eigenvalue weighted by Crippen LogP contribution is -2.37.